The summed E-state index contributed by atoms with van der Waals surface area (Å²) in [6.07, 6.45) is 1.45. The van der Waals surface area contributed by atoms with E-state index in [2.05, 4.69) is 0 Å². The fourth-order valence-corrected chi connectivity index (χ4v) is 2.90. The molecule has 5 heavy (non-hydrogen) atoms. The molecule has 1 saturated heterocycles. The van der Waals surface area contributed by atoms with Gasteiger partial charge in [0.05, 0.1) is 10.8 Å². The molecule has 0 spiro atoms. The van der Waals surface area contributed by atoms with Gasteiger partial charge < -0.3 is 0 Å². The standard InChI is InChI=1S/C3H6S2/c1-2-4-5-3-1/h1-3H2/p+1. The maximum Gasteiger partial charge on any atom is 0.118 e. The van der Waals surface area contributed by atoms with Crippen molar-refractivity contribution in [2.75, 3.05) is 11.5 Å². The van der Waals surface area contributed by atoms with Gasteiger partial charge in [-0.15, -0.1) is 0 Å². The van der Waals surface area contributed by atoms with Gasteiger partial charge in [-0.3, -0.25) is 0 Å². The predicted octanol–water partition coefficient (Wildman–Crippen LogP) is 0.853. The molecule has 1 aliphatic rings. The lowest BCUT2D eigenvalue weighted by atomic mass is 10.6. The number of hydrogen-bond donors (Lipinski definition) is 0. The normalized spacial score (nSPS) is 24.0. The number of rotatable bonds is 0. The topological polar surface area (TPSA) is 0 Å². The molecular weight excluding hydrogens is 100 g/mol. The highest BCUT2D eigenvalue weighted by Crippen LogP contribution is 2.13. The quantitative estimate of drug-likeness (QED) is 0.251. The van der Waals surface area contributed by atoms with Gasteiger partial charge in [-0.05, 0) is 0 Å². The Kier molecular flexibility index (Phi) is 1.53. The molecule has 0 aliphatic carbocycles. The van der Waals surface area contributed by atoms with Gasteiger partial charge in [0.15, 0.2) is 0 Å². The van der Waals surface area contributed by atoms with Gasteiger partial charge in [0.2, 0.25) is 0 Å². The van der Waals surface area contributed by atoms with Crippen molar-refractivity contribution in [1.82, 2.24) is 0 Å². The molecule has 0 unspecified atom stereocenters. The summed E-state index contributed by atoms with van der Waals surface area (Å²) in [6, 6.07) is 0. The molecule has 0 N–H and O–H groups in total. The second-order valence-corrected chi connectivity index (χ2v) is 3.96. The summed E-state index contributed by atoms with van der Waals surface area (Å²) in [7, 11) is 3.65. The lowest BCUT2D eigenvalue weighted by molar-refractivity contribution is 1.14. The van der Waals surface area contributed by atoms with Crippen molar-refractivity contribution in [3.8, 4) is 0 Å². The molecule has 0 radical (unpaired) electrons. The van der Waals surface area contributed by atoms with E-state index < -0.39 is 0 Å². The van der Waals surface area contributed by atoms with E-state index in [1.165, 1.54) is 17.9 Å². The van der Waals surface area contributed by atoms with Crippen molar-refractivity contribution in [3.63, 3.8) is 0 Å². The van der Waals surface area contributed by atoms with Crippen LogP contribution in [-0.4, -0.2) is 11.5 Å². The van der Waals surface area contributed by atoms with Crippen molar-refractivity contribution in [2.45, 2.75) is 6.42 Å². The van der Waals surface area contributed by atoms with Crippen molar-refractivity contribution in [2.24, 2.45) is 0 Å². The van der Waals surface area contributed by atoms with Crippen LogP contribution in [0.5, 0.6) is 0 Å². The molecule has 30 valence electrons. The van der Waals surface area contributed by atoms with E-state index in [0.29, 0.717) is 0 Å². The summed E-state index contributed by atoms with van der Waals surface area (Å²) in [5.74, 6) is 2.84. The van der Waals surface area contributed by atoms with Crippen LogP contribution in [0.3, 0.4) is 0 Å². The molecule has 1 rings (SSSR count). The van der Waals surface area contributed by atoms with Crippen LogP contribution in [0, 0.1) is 0 Å². The summed E-state index contributed by atoms with van der Waals surface area (Å²) in [6.45, 7) is 0. The molecular formula is C3H7S2+. The van der Waals surface area contributed by atoms with Crippen molar-refractivity contribution >= 4 is 21.6 Å². The van der Waals surface area contributed by atoms with Gasteiger partial charge in [0, 0.05) is 23.0 Å². The van der Waals surface area contributed by atoms with Crippen LogP contribution >= 0.6 is 10.8 Å². The Morgan fingerprint density at radius 2 is 2.60 bits per heavy atom. The highest BCUT2D eigenvalue weighted by molar-refractivity contribution is 8.66. The van der Waals surface area contributed by atoms with Crippen molar-refractivity contribution in [3.05, 3.63) is 0 Å². The molecule has 1 fully saturated rings. The second-order valence-electron chi connectivity index (χ2n) is 1.04. The zero-order valence-electron chi connectivity index (χ0n) is 2.98. The Morgan fingerprint density at radius 1 is 1.60 bits per heavy atom. The summed E-state index contributed by atoms with van der Waals surface area (Å²) in [5, 5.41) is 0. The number of hydrogen-bond acceptors (Lipinski definition) is 1. The Labute approximate surface area is 40.1 Å². The lowest BCUT2D eigenvalue weighted by Crippen LogP contribution is -1.68. The second kappa shape index (κ2) is 1.98. The van der Waals surface area contributed by atoms with Crippen LogP contribution in [0.15, 0.2) is 0 Å². The summed E-state index contributed by atoms with van der Waals surface area (Å²) < 4.78 is 0. The van der Waals surface area contributed by atoms with Gasteiger partial charge in [0.25, 0.3) is 0 Å². The van der Waals surface area contributed by atoms with Crippen LogP contribution < -0.4 is 0 Å². The third-order valence-electron chi connectivity index (χ3n) is 0.576. The average Bonchev–Trinajstić information content (AvgIpc) is 1.76. The van der Waals surface area contributed by atoms with Gasteiger partial charge in [-0.1, -0.05) is 0 Å². The maximum atomic E-state index is 2.05. The van der Waals surface area contributed by atoms with Crippen molar-refractivity contribution in [1.29, 1.82) is 0 Å². The fraction of sp³-hybridized carbons (Fsp3) is 1.00. The third kappa shape index (κ3) is 1.05. The van der Waals surface area contributed by atoms with Gasteiger partial charge in [0.1, 0.15) is 5.75 Å². The van der Waals surface area contributed by atoms with Gasteiger partial charge in [-0.25, -0.2) is 0 Å². The highest BCUT2D eigenvalue weighted by Gasteiger charge is 2.06. The van der Waals surface area contributed by atoms with Crippen molar-refractivity contribution < 1.29 is 0 Å². The lowest BCUT2D eigenvalue weighted by Gasteiger charge is -1.57. The Balaban J connectivity index is 2.08. The minimum absolute atomic E-state index is 1.40. The first-order valence-corrected chi connectivity index (χ1v) is 4.46. The molecule has 0 amide bonds. The minimum Gasteiger partial charge on any atom is 0.00649 e. The van der Waals surface area contributed by atoms with E-state index in [1.807, 2.05) is 10.8 Å². The summed E-state index contributed by atoms with van der Waals surface area (Å²) in [5.41, 5.74) is 0. The minimum atomic E-state index is 1.40. The Hall–Kier alpha value is 0.700. The molecule has 0 saturated carbocycles. The molecule has 0 nitrogen and oxygen atoms in total. The van der Waals surface area contributed by atoms with E-state index in [0.717, 1.165) is 0 Å². The zero-order chi connectivity index (χ0) is 3.54. The van der Waals surface area contributed by atoms with Crippen LogP contribution in [0.2, 0.25) is 0 Å². The smallest absolute Gasteiger partial charge is 0.00649 e. The molecule has 1 aliphatic heterocycles. The maximum absolute atomic E-state index is 2.05. The first-order valence-electron chi connectivity index (χ1n) is 1.79. The average molecular weight is 107 g/mol. The van der Waals surface area contributed by atoms with Gasteiger partial charge in [-0.2, -0.15) is 0 Å². The molecule has 1 heterocycles. The number of thiol groups is 1. The van der Waals surface area contributed by atoms with Crippen LogP contribution in [0.1, 0.15) is 6.42 Å². The Bertz CT molecular complexity index is 16.5. The van der Waals surface area contributed by atoms with E-state index in [1.54, 1.807) is 10.8 Å². The monoisotopic (exact) mass is 107 g/mol. The van der Waals surface area contributed by atoms with Gasteiger partial charge >= 0.3 is 0 Å². The molecule has 0 bridgehead atoms. The van der Waals surface area contributed by atoms with Crippen LogP contribution in [-0.2, 0) is 10.8 Å². The highest BCUT2D eigenvalue weighted by atomic mass is 33.1. The fourth-order valence-electron chi connectivity index (χ4n) is 0.323. The Morgan fingerprint density at radius 3 is 2.80 bits per heavy atom. The van der Waals surface area contributed by atoms with Crippen LogP contribution in [0.4, 0.5) is 0 Å². The first kappa shape index (κ1) is 3.88. The molecule has 0 aromatic heterocycles. The van der Waals surface area contributed by atoms with E-state index >= 15 is 0 Å². The predicted molar refractivity (Wildman–Crippen MR) is 30.7 cm³/mol. The van der Waals surface area contributed by atoms with E-state index in [4.69, 9.17) is 0 Å². The molecule has 0 atom stereocenters. The summed E-state index contributed by atoms with van der Waals surface area (Å²) in [4.78, 5) is 0. The summed E-state index contributed by atoms with van der Waals surface area (Å²) >= 11 is 0. The third-order valence-corrected chi connectivity index (χ3v) is 3.37. The molecule has 2 heteroatoms. The van der Waals surface area contributed by atoms with Crippen LogP contribution in [0.25, 0.3) is 0 Å². The largest absolute Gasteiger partial charge is 0.118 e. The van der Waals surface area contributed by atoms with E-state index in [-0.39, 0.29) is 0 Å². The zero-order valence-corrected chi connectivity index (χ0v) is 4.69. The molecule has 0 aromatic rings. The SMILES string of the molecule is C1CS[SH+]C1. The first-order chi connectivity index (χ1) is 2.50. The van der Waals surface area contributed by atoms with E-state index in [9.17, 15) is 0 Å². The molecule has 0 aromatic carbocycles.